The van der Waals surface area contributed by atoms with Crippen molar-refractivity contribution >= 4 is 32.8 Å². The number of hydrogen-bond acceptors (Lipinski definition) is 3. The molecule has 0 saturated carbocycles. The fourth-order valence-corrected chi connectivity index (χ4v) is 3.72. The van der Waals surface area contributed by atoms with Gasteiger partial charge in [0.15, 0.2) is 0 Å². The summed E-state index contributed by atoms with van der Waals surface area (Å²) in [5, 5.41) is 1.52. The number of ether oxygens (including phenoxy) is 1. The Bertz CT molecular complexity index is 328. The molecule has 0 aromatic rings. The molecule has 20 heavy (non-hydrogen) atoms. The third kappa shape index (κ3) is 6.66. The summed E-state index contributed by atoms with van der Waals surface area (Å²) in [7, 11) is 0. The zero-order valence-electron chi connectivity index (χ0n) is 12.8. The molecule has 1 atom stereocenters. The number of unbranched alkanes of at least 4 members (excludes halogenated alkanes) is 7. The molecule has 1 rings (SSSR count). The smallest absolute Gasteiger partial charge is 0.219 e. The monoisotopic (exact) mass is 362 g/mol. The maximum Gasteiger partial charge on any atom is 0.219 e. The van der Waals surface area contributed by atoms with E-state index in [9.17, 15) is 4.79 Å². The van der Waals surface area contributed by atoms with Gasteiger partial charge in [-0.3, -0.25) is 4.79 Å². The Balaban J connectivity index is 1.96. The van der Waals surface area contributed by atoms with Crippen LogP contribution in [0.4, 0.5) is 0 Å². The van der Waals surface area contributed by atoms with Crippen LogP contribution in [0, 0.1) is 0 Å². The minimum atomic E-state index is 0.177. The van der Waals surface area contributed by atoms with E-state index in [0.717, 1.165) is 29.7 Å². The molecule has 0 N–H and O–H groups in total. The molecule has 0 fully saturated rings. The van der Waals surface area contributed by atoms with Crippen molar-refractivity contribution in [2.45, 2.75) is 70.5 Å². The molecule has 2 nitrogen and oxygen atoms in total. The summed E-state index contributed by atoms with van der Waals surface area (Å²) >= 11 is 4.84. The summed E-state index contributed by atoms with van der Waals surface area (Å²) in [6, 6.07) is 0. The van der Waals surface area contributed by atoms with E-state index in [1.54, 1.807) is 0 Å². The largest absolute Gasteiger partial charge is 0.496 e. The van der Waals surface area contributed by atoms with E-state index >= 15 is 0 Å². The van der Waals surface area contributed by atoms with Crippen LogP contribution in [-0.4, -0.2) is 22.3 Å². The molecular weight excluding hydrogens is 336 g/mol. The first-order valence-electron chi connectivity index (χ1n) is 7.77. The molecule has 4 heteroatoms. The Morgan fingerprint density at radius 2 is 1.60 bits per heavy atom. The lowest BCUT2D eigenvalue weighted by atomic mass is 10.1. The number of alkyl halides is 1. The van der Waals surface area contributed by atoms with Gasteiger partial charge >= 0.3 is 0 Å². The fraction of sp³-hybridized carbons (Fsp3) is 0.812. The predicted molar refractivity (Wildman–Crippen MR) is 91.4 cm³/mol. The Kier molecular flexibility index (Phi) is 9.70. The fourth-order valence-electron chi connectivity index (χ4n) is 2.37. The van der Waals surface area contributed by atoms with E-state index in [0.29, 0.717) is 0 Å². The van der Waals surface area contributed by atoms with Crippen molar-refractivity contribution < 1.29 is 9.53 Å². The number of hydrogen-bond donors (Lipinski definition) is 0. The van der Waals surface area contributed by atoms with Crippen molar-refractivity contribution in [2.24, 2.45) is 0 Å². The molecule has 1 heterocycles. The van der Waals surface area contributed by atoms with E-state index in [4.69, 9.17) is 4.74 Å². The molecule has 0 bridgehead atoms. The van der Waals surface area contributed by atoms with Crippen molar-refractivity contribution in [2.75, 3.05) is 11.9 Å². The van der Waals surface area contributed by atoms with Crippen LogP contribution < -0.4 is 0 Å². The molecule has 0 aliphatic carbocycles. The predicted octanol–water partition coefficient (Wildman–Crippen LogP) is 5.45. The van der Waals surface area contributed by atoms with Gasteiger partial charge in [0.2, 0.25) is 5.12 Å². The molecule has 0 aromatic carbocycles. The average molecular weight is 363 g/mol. The Labute approximate surface area is 136 Å². The van der Waals surface area contributed by atoms with Crippen molar-refractivity contribution in [1.29, 1.82) is 0 Å². The summed E-state index contributed by atoms with van der Waals surface area (Å²) in [6.07, 6.45) is 10.4. The van der Waals surface area contributed by atoms with Crippen LogP contribution >= 0.6 is 27.7 Å². The highest BCUT2D eigenvalue weighted by Gasteiger charge is 2.28. The quantitative estimate of drug-likeness (QED) is 0.360. The Morgan fingerprint density at radius 1 is 1.05 bits per heavy atom. The molecule has 1 unspecified atom stereocenters. The number of carbonyl (C=O) groups is 1. The molecular formula is C16H27BrO2S. The van der Waals surface area contributed by atoms with Gasteiger partial charge in [0.05, 0.1) is 11.9 Å². The van der Waals surface area contributed by atoms with Crippen LogP contribution in [-0.2, 0) is 9.53 Å². The lowest BCUT2D eigenvalue weighted by Gasteiger charge is -2.11. The summed E-state index contributed by atoms with van der Waals surface area (Å²) in [6.45, 7) is 4.68. The number of thioether (sulfide) groups is 1. The number of carbonyl (C=O) groups excluding carboxylic acids is 1. The molecule has 0 spiro atoms. The second-order valence-corrected chi connectivity index (χ2v) is 7.51. The highest BCUT2D eigenvalue weighted by atomic mass is 79.9. The first kappa shape index (κ1) is 18.1. The average Bonchev–Trinajstić information content (AvgIpc) is 2.67. The second kappa shape index (κ2) is 10.7. The lowest BCUT2D eigenvalue weighted by molar-refractivity contribution is -0.107. The SMILES string of the molecule is CC1=C(OCCCCCCCCCCBr)C(C)SC1=O. The minimum Gasteiger partial charge on any atom is -0.496 e. The highest BCUT2D eigenvalue weighted by Crippen LogP contribution is 2.34. The maximum absolute atomic E-state index is 11.5. The van der Waals surface area contributed by atoms with Gasteiger partial charge < -0.3 is 4.74 Å². The summed E-state index contributed by atoms with van der Waals surface area (Å²) in [5.41, 5.74) is 0.814. The van der Waals surface area contributed by atoms with Gasteiger partial charge in [0.1, 0.15) is 5.76 Å². The summed E-state index contributed by atoms with van der Waals surface area (Å²) < 4.78 is 5.79. The van der Waals surface area contributed by atoms with Gasteiger partial charge in [-0.05, 0) is 26.7 Å². The third-order valence-electron chi connectivity index (χ3n) is 3.61. The zero-order chi connectivity index (χ0) is 14.8. The first-order chi connectivity index (χ1) is 9.66. The molecule has 116 valence electrons. The zero-order valence-corrected chi connectivity index (χ0v) is 15.2. The molecule has 0 saturated heterocycles. The van der Waals surface area contributed by atoms with Gasteiger partial charge in [0, 0.05) is 10.9 Å². The Hall–Kier alpha value is 0.0400. The van der Waals surface area contributed by atoms with Crippen molar-refractivity contribution in [3.8, 4) is 0 Å². The second-order valence-electron chi connectivity index (χ2n) is 5.40. The van der Waals surface area contributed by atoms with Gasteiger partial charge in [-0.1, -0.05) is 66.2 Å². The minimum absolute atomic E-state index is 0.177. The van der Waals surface area contributed by atoms with Gasteiger partial charge in [-0.15, -0.1) is 0 Å². The van der Waals surface area contributed by atoms with E-state index in [1.165, 1.54) is 56.7 Å². The number of rotatable bonds is 11. The normalized spacial score (nSPS) is 18.9. The van der Waals surface area contributed by atoms with Crippen LogP contribution in [0.3, 0.4) is 0 Å². The van der Waals surface area contributed by atoms with Crippen molar-refractivity contribution in [3.63, 3.8) is 0 Å². The van der Waals surface area contributed by atoms with Crippen LogP contribution in [0.1, 0.15) is 65.2 Å². The maximum atomic E-state index is 11.5. The van der Waals surface area contributed by atoms with Crippen LogP contribution in [0.15, 0.2) is 11.3 Å². The molecule has 1 aliphatic rings. The molecule has 0 amide bonds. The van der Waals surface area contributed by atoms with Crippen LogP contribution in [0.5, 0.6) is 0 Å². The lowest BCUT2D eigenvalue weighted by Crippen LogP contribution is -2.03. The topological polar surface area (TPSA) is 26.3 Å². The standard InChI is InChI=1S/C16H27BrO2S/c1-13-15(14(2)20-16(13)18)19-12-10-8-6-4-3-5-7-9-11-17/h14H,3-12H2,1-2H3. The molecule has 0 aromatic heterocycles. The van der Waals surface area contributed by atoms with Gasteiger partial charge in [-0.2, -0.15) is 0 Å². The van der Waals surface area contributed by atoms with E-state index in [1.807, 2.05) is 13.8 Å². The Morgan fingerprint density at radius 3 is 2.10 bits per heavy atom. The molecule has 0 radical (unpaired) electrons. The highest BCUT2D eigenvalue weighted by molar-refractivity contribution is 9.09. The van der Waals surface area contributed by atoms with Crippen molar-refractivity contribution in [3.05, 3.63) is 11.3 Å². The van der Waals surface area contributed by atoms with E-state index in [2.05, 4.69) is 15.9 Å². The van der Waals surface area contributed by atoms with Crippen LogP contribution in [0.25, 0.3) is 0 Å². The molecule has 1 aliphatic heterocycles. The summed E-state index contributed by atoms with van der Waals surface area (Å²) in [5.74, 6) is 0.912. The summed E-state index contributed by atoms with van der Waals surface area (Å²) in [4.78, 5) is 11.5. The van der Waals surface area contributed by atoms with E-state index in [-0.39, 0.29) is 10.4 Å². The number of halogens is 1. The van der Waals surface area contributed by atoms with E-state index < -0.39 is 0 Å². The van der Waals surface area contributed by atoms with Crippen LogP contribution in [0.2, 0.25) is 0 Å². The van der Waals surface area contributed by atoms with Crippen molar-refractivity contribution in [1.82, 2.24) is 0 Å². The van der Waals surface area contributed by atoms with Gasteiger partial charge in [0.25, 0.3) is 0 Å². The first-order valence-corrected chi connectivity index (χ1v) is 9.77. The third-order valence-corrected chi connectivity index (χ3v) is 5.26. The van der Waals surface area contributed by atoms with Gasteiger partial charge in [-0.25, -0.2) is 0 Å².